The van der Waals surface area contributed by atoms with E-state index >= 15 is 0 Å². The third-order valence-electron chi connectivity index (χ3n) is 6.47. The van der Waals surface area contributed by atoms with E-state index in [1.54, 1.807) is 12.1 Å². The van der Waals surface area contributed by atoms with Gasteiger partial charge < -0.3 is 15.0 Å². The lowest BCUT2D eigenvalue weighted by atomic mass is 9.91. The standard InChI is InChI=1S/C21H30FN3O2/c22-17-2-4-18(5-3-17)27-15-1-10-24-11-13-25(14-12-24)20(26)19-16-21(19)6-8-23-9-7-21/h2-5,19,23H,1,6-16H2. The van der Waals surface area contributed by atoms with Gasteiger partial charge in [-0.05, 0) is 68.5 Å². The molecule has 3 fully saturated rings. The van der Waals surface area contributed by atoms with E-state index in [4.69, 9.17) is 4.74 Å². The molecule has 148 valence electrons. The van der Waals surface area contributed by atoms with Crippen LogP contribution in [-0.4, -0.2) is 68.1 Å². The summed E-state index contributed by atoms with van der Waals surface area (Å²) in [4.78, 5) is 17.3. The molecule has 2 saturated heterocycles. The van der Waals surface area contributed by atoms with Crippen LogP contribution in [0.5, 0.6) is 5.75 Å². The zero-order chi connectivity index (χ0) is 18.7. The van der Waals surface area contributed by atoms with E-state index in [9.17, 15) is 9.18 Å². The van der Waals surface area contributed by atoms with Crippen molar-refractivity contribution in [3.8, 4) is 5.75 Å². The SMILES string of the molecule is O=C(C1CC12CCNCC2)N1CCN(CCCOc2ccc(F)cc2)CC1. The minimum Gasteiger partial charge on any atom is -0.494 e. The monoisotopic (exact) mass is 375 g/mol. The molecule has 2 heterocycles. The number of benzene rings is 1. The van der Waals surface area contributed by atoms with Gasteiger partial charge in [-0.3, -0.25) is 9.69 Å². The van der Waals surface area contributed by atoms with Crippen molar-refractivity contribution in [1.82, 2.24) is 15.1 Å². The highest BCUT2D eigenvalue weighted by molar-refractivity contribution is 5.83. The Morgan fingerprint density at radius 1 is 1.15 bits per heavy atom. The number of carbonyl (C=O) groups excluding carboxylic acids is 1. The van der Waals surface area contributed by atoms with E-state index in [2.05, 4.69) is 15.1 Å². The van der Waals surface area contributed by atoms with Crippen molar-refractivity contribution in [1.29, 1.82) is 0 Å². The Morgan fingerprint density at radius 2 is 1.85 bits per heavy atom. The number of amides is 1. The normalized spacial score (nSPS) is 24.8. The van der Waals surface area contributed by atoms with Crippen molar-refractivity contribution in [3.05, 3.63) is 30.1 Å². The van der Waals surface area contributed by atoms with Crippen molar-refractivity contribution in [2.45, 2.75) is 25.7 Å². The summed E-state index contributed by atoms with van der Waals surface area (Å²) in [5.74, 6) is 1.15. The van der Waals surface area contributed by atoms with Gasteiger partial charge >= 0.3 is 0 Å². The lowest BCUT2D eigenvalue weighted by Gasteiger charge is -2.35. The number of hydrogen-bond donors (Lipinski definition) is 1. The highest BCUT2D eigenvalue weighted by Gasteiger charge is 2.58. The van der Waals surface area contributed by atoms with E-state index in [0.717, 1.165) is 71.5 Å². The molecule has 1 N–H and O–H groups in total. The van der Waals surface area contributed by atoms with Crippen LogP contribution in [-0.2, 0) is 4.79 Å². The van der Waals surface area contributed by atoms with Crippen LogP contribution in [0.2, 0.25) is 0 Å². The van der Waals surface area contributed by atoms with Crippen LogP contribution in [0.15, 0.2) is 24.3 Å². The molecule has 0 radical (unpaired) electrons. The molecule has 1 saturated carbocycles. The first-order valence-corrected chi connectivity index (χ1v) is 10.3. The second-order valence-electron chi connectivity index (χ2n) is 8.19. The summed E-state index contributed by atoms with van der Waals surface area (Å²) in [5, 5.41) is 3.40. The fourth-order valence-electron chi connectivity index (χ4n) is 4.60. The number of nitrogens with one attached hydrogen (secondary N) is 1. The quantitative estimate of drug-likeness (QED) is 0.774. The number of piperidine rings is 1. The molecular formula is C21H30FN3O2. The first kappa shape index (κ1) is 18.7. The molecule has 1 aromatic rings. The Morgan fingerprint density at radius 3 is 2.56 bits per heavy atom. The summed E-state index contributed by atoms with van der Waals surface area (Å²) in [6.45, 7) is 7.33. The first-order valence-electron chi connectivity index (χ1n) is 10.3. The molecule has 1 unspecified atom stereocenters. The van der Waals surface area contributed by atoms with Gasteiger partial charge in [-0.25, -0.2) is 4.39 Å². The molecule has 5 nitrogen and oxygen atoms in total. The van der Waals surface area contributed by atoms with Crippen molar-refractivity contribution in [2.24, 2.45) is 11.3 Å². The highest BCUT2D eigenvalue weighted by atomic mass is 19.1. The number of carbonyl (C=O) groups is 1. The molecule has 3 aliphatic rings. The van der Waals surface area contributed by atoms with Gasteiger partial charge in [0.1, 0.15) is 11.6 Å². The minimum atomic E-state index is -0.243. The van der Waals surface area contributed by atoms with Gasteiger partial charge in [-0.1, -0.05) is 0 Å². The minimum absolute atomic E-state index is 0.243. The van der Waals surface area contributed by atoms with Crippen molar-refractivity contribution in [3.63, 3.8) is 0 Å². The molecular weight excluding hydrogens is 345 g/mol. The Labute approximate surface area is 160 Å². The largest absolute Gasteiger partial charge is 0.494 e. The predicted molar refractivity (Wildman–Crippen MR) is 102 cm³/mol. The molecule has 1 atom stereocenters. The third kappa shape index (κ3) is 4.43. The number of nitrogens with zero attached hydrogens (tertiary/aromatic N) is 2. The molecule has 0 aromatic heterocycles. The molecule has 0 bridgehead atoms. The number of halogens is 1. The second-order valence-corrected chi connectivity index (χ2v) is 8.19. The van der Waals surface area contributed by atoms with Crippen LogP contribution in [0.25, 0.3) is 0 Å². The van der Waals surface area contributed by atoms with Crippen LogP contribution >= 0.6 is 0 Å². The summed E-state index contributed by atoms with van der Waals surface area (Å²) in [5.41, 5.74) is 0.331. The van der Waals surface area contributed by atoms with E-state index in [-0.39, 0.29) is 11.7 Å². The van der Waals surface area contributed by atoms with Crippen molar-refractivity contribution in [2.75, 3.05) is 52.4 Å². The first-order chi connectivity index (χ1) is 13.2. The van der Waals surface area contributed by atoms with Crippen LogP contribution in [0.4, 0.5) is 4.39 Å². The fraction of sp³-hybridized carbons (Fsp3) is 0.667. The molecule has 4 rings (SSSR count). The summed E-state index contributed by atoms with van der Waals surface area (Å²) >= 11 is 0. The van der Waals surface area contributed by atoms with E-state index in [0.29, 0.717) is 23.7 Å². The van der Waals surface area contributed by atoms with Crippen LogP contribution in [0.1, 0.15) is 25.7 Å². The smallest absolute Gasteiger partial charge is 0.226 e. The fourth-order valence-corrected chi connectivity index (χ4v) is 4.60. The average molecular weight is 375 g/mol. The lowest BCUT2D eigenvalue weighted by molar-refractivity contribution is -0.135. The number of piperazine rings is 1. The van der Waals surface area contributed by atoms with E-state index in [1.165, 1.54) is 12.1 Å². The summed E-state index contributed by atoms with van der Waals surface area (Å²) in [7, 11) is 0. The number of rotatable bonds is 6. The molecule has 6 heteroatoms. The van der Waals surface area contributed by atoms with Gasteiger partial charge in [0.25, 0.3) is 0 Å². The summed E-state index contributed by atoms with van der Waals surface area (Å²) in [6, 6.07) is 6.15. The maximum atomic E-state index is 12.9. The van der Waals surface area contributed by atoms with Gasteiger partial charge in [0, 0.05) is 38.6 Å². The van der Waals surface area contributed by atoms with Crippen LogP contribution < -0.4 is 10.1 Å². The van der Waals surface area contributed by atoms with Gasteiger partial charge in [0.15, 0.2) is 0 Å². The van der Waals surface area contributed by atoms with Gasteiger partial charge in [0.05, 0.1) is 6.61 Å². The summed E-state index contributed by atoms with van der Waals surface area (Å²) in [6.07, 6.45) is 4.37. The predicted octanol–water partition coefficient (Wildman–Crippen LogP) is 2.13. The molecule has 1 aliphatic carbocycles. The average Bonchev–Trinajstić information content (AvgIpc) is 3.39. The third-order valence-corrected chi connectivity index (χ3v) is 6.47. The van der Waals surface area contributed by atoms with Crippen LogP contribution in [0.3, 0.4) is 0 Å². The second kappa shape index (κ2) is 8.15. The maximum Gasteiger partial charge on any atom is 0.226 e. The molecule has 27 heavy (non-hydrogen) atoms. The van der Waals surface area contributed by atoms with Gasteiger partial charge in [-0.15, -0.1) is 0 Å². The topological polar surface area (TPSA) is 44.8 Å². The van der Waals surface area contributed by atoms with Gasteiger partial charge in [-0.2, -0.15) is 0 Å². The Hall–Kier alpha value is -1.66. The Balaban J connectivity index is 1.13. The molecule has 2 aliphatic heterocycles. The Bertz CT molecular complexity index is 637. The number of hydrogen-bond acceptors (Lipinski definition) is 4. The van der Waals surface area contributed by atoms with E-state index < -0.39 is 0 Å². The van der Waals surface area contributed by atoms with Crippen molar-refractivity contribution < 1.29 is 13.9 Å². The maximum absolute atomic E-state index is 12.9. The molecule has 1 aromatic carbocycles. The lowest BCUT2D eigenvalue weighted by Crippen LogP contribution is -2.50. The summed E-state index contributed by atoms with van der Waals surface area (Å²) < 4.78 is 18.5. The van der Waals surface area contributed by atoms with E-state index in [1.807, 2.05) is 0 Å². The molecule has 1 spiro atoms. The number of ether oxygens (including phenoxy) is 1. The zero-order valence-corrected chi connectivity index (χ0v) is 16.0. The van der Waals surface area contributed by atoms with Crippen LogP contribution in [0, 0.1) is 17.2 Å². The Kier molecular flexibility index (Phi) is 5.64. The highest BCUT2D eigenvalue weighted by Crippen LogP contribution is 2.59. The molecule has 1 amide bonds. The van der Waals surface area contributed by atoms with Gasteiger partial charge in [0.2, 0.25) is 5.91 Å². The zero-order valence-electron chi connectivity index (χ0n) is 16.0. The van der Waals surface area contributed by atoms with Crippen molar-refractivity contribution >= 4 is 5.91 Å².